The molecule has 0 spiro atoms. The maximum absolute atomic E-state index is 12.9. The molecule has 6 nitrogen and oxygen atoms in total. The van der Waals surface area contributed by atoms with E-state index >= 15 is 0 Å². The zero-order valence-electron chi connectivity index (χ0n) is 14.6. The SMILES string of the molecule is Cc1ccccc1S(=O)(=O)N1CCN(c2ccc3c(c2)CC(=O)N3)CC1. The minimum Gasteiger partial charge on any atom is -0.369 e. The van der Waals surface area contributed by atoms with Gasteiger partial charge >= 0.3 is 0 Å². The Hall–Kier alpha value is -2.38. The minimum atomic E-state index is -3.46. The zero-order valence-corrected chi connectivity index (χ0v) is 15.4. The summed E-state index contributed by atoms with van der Waals surface area (Å²) < 4.78 is 27.4. The molecular weight excluding hydrogens is 350 g/mol. The number of carbonyl (C=O) groups is 1. The Morgan fingerprint density at radius 2 is 1.73 bits per heavy atom. The largest absolute Gasteiger partial charge is 0.369 e. The fourth-order valence-electron chi connectivity index (χ4n) is 3.58. The first-order valence-corrected chi connectivity index (χ1v) is 10.1. The molecule has 0 bridgehead atoms. The topological polar surface area (TPSA) is 69.7 Å². The fourth-order valence-corrected chi connectivity index (χ4v) is 5.23. The van der Waals surface area contributed by atoms with E-state index in [0.29, 0.717) is 37.5 Å². The number of amides is 1. The van der Waals surface area contributed by atoms with Gasteiger partial charge in [-0.25, -0.2) is 8.42 Å². The van der Waals surface area contributed by atoms with E-state index < -0.39 is 10.0 Å². The Balaban J connectivity index is 1.49. The summed E-state index contributed by atoms with van der Waals surface area (Å²) >= 11 is 0. The lowest BCUT2D eigenvalue weighted by Gasteiger charge is -2.35. The van der Waals surface area contributed by atoms with Crippen LogP contribution in [-0.4, -0.2) is 44.8 Å². The summed E-state index contributed by atoms with van der Waals surface area (Å²) in [5.74, 6) is 0.0197. The summed E-state index contributed by atoms with van der Waals surface area (Å²) in [5.41, 5.74) is 3.68. The second-order valence-corrected chi connectivity index (χ2v) is 8.63. The summed E-state index contributed by atoms with van der Waals surface area (Å²) in [4.78, 5) is 14.1. The van der Waals surface area contributed by atoms with Gasteiger partial charge in [-0.3, -0.25) is 4.79 Å². The van der Waals surface area contributed by atoms with E-state index in [4.69, 9.17) is 0 Å². The number of sulfonamides is 1. The van der Waals surface area contributed by atoms with Gasteiger partial charge in [0.25, 0.3) is 0 Å². The smallest absolute Gasteiger partial charge is 0.243 e. The molecule has 2 heterocycles. The van der Waals surface area contributed by atoms with E-state index in [1.165, 1.54) is 0 Å². The van der Waals surface area contributed by atoms with Crippen molar-refractivity contribution in [1.82, 2.24) is 4.31 Å². The van der Waals surface area contributed by atoms with Crippen LogP contribution in [0.4, 0.5) is 11.4 Å². The van der Waals surface area contributed by atoms with Crippen LogP contribution in [0, 0.1) is 6.92 Å². The van der Waals surface area contributed by atoms with Gasteiger partial charge in [0.1, 0.15) is 0 Å². The molecule has 2 aliphatic rings. The lowest BCUT2D eigenvalue weighted by atomic mass is 10.1. The van der Waals surface area contributed by atoms with Crippen molar-refractivity contribution in [2.75, 3.05) is 36.4 Å². The van der Waals surface area contributed by atoms with Gasteiger partial charge in [-0.05, 0) is 42.3 Å². The van der Waals surface area contributed by atoms with Crippen LogP contribution in [0.3, 0.4) is 0 Å². The maximum Gasteiger partial charge on any atom is 0.243 e. The Morgan fingerprint density at radius 1 is 1.00 bits per heavy atom. The fraction of sp³-hybridized carbons (Fsp3) is 0.316. The minimum absolute atomic E-state index is 0.0197. The standard InChI is InChI=1S/C19H21N3O3S/c1-14-4-2-3-5-18(14)26(24,25)22-10-8-21(9-11-22)16-6-7-17-15(12-16)13-19(23)20-17/h2-7,12H,8-11,13H2,1H3,(H,20,23). The average Bonchev–Trinajstić information content (AvgIpc) is 3.01. The monoisotopic (exact) mass is 371 g/mol. The number of nitrogens with zero attached hydrogens (tertiary/aromatic N) is 2. The summed E-state index contributed by atoms with van der Waals surface area (Å²) in [6, 6.07) is 13.0. The number of benzene rings is 2. The van der Waals surface area contributed by atoms with Crippen LogP contribution >= 0.6 is 0 Å². The number of rotatable bonds is 3. The van der Waals surface area contributed by atoms with Gasteiger partial charge in [-0.15, -0.1) is 0 Å². The Labute approximate surface area is 153 Å². The van der Waals surface area contributed by atoms with Gasteiger partial charge in [0.15, 0.2) is 0 Å². The highest BCUT2D eigenvalue weighted by molar-refractivity contribution is 7.89. The second kappa shape index (κ2) is 6.41. The van der Waals surface area contributed by atoms with Crippen molar-refractivity contribution < 1.29 is 13.2 Å². The molecule has 0 aromatic heterocycles. The number of nitrogens with one attached hydrogen (secondary N) is 1. The van der Waals surface area contributed by atoms with Crippen LogP contribution < -0.4 is 10.2 Å². The molecule has 1 saturated heterocycles. The number of hydrogen-bond acceptors (Lipinski definition) is 4. The quantitative estimate of drug-likeness (QED) is 0.896. The van der Waals surface area contributed by atoms with Gasteiger partial charge in [0.2, 0.25) is 15.9 Å². The summed E-state index contributed by atoms with van der Waals surface area (Å²) in [6.07, 6.45) is 0.408. The van der Waals surface area contributed by atoms with Crippen LogP contribution in [0.25, 0.3) is 0 Å². The number of anilines is 2. The van der Waals surface area contributed by atoms with E-state index in [1.54, 1.807) is 16.4 Å². The van der Waals surface area contributed by atoms with Crippen molar-refractivity contribution >= 4 is 27.3 Å². The van der Waals surface area contributed by atoms with Gasteiger partial charge in [-0.2, -0.15) is 4.31 Å². The third kappa shape index (κ3) is 2.97. The normalized spacial score (nSPS) is 17.9. The van der Waals surface area contributed by atoms with Crippen LogP contribution in [0.2, 0.25) is 0 Å². The van der Waals surface area contributed by atoms with Crippen molar-refractivity contribution in [3.05, 3.63) is 53.6 Å². The molecule has 136 valence electrons. The molecule has 2 aromatic carbocycles. The number of piperazine rings is 1. The third-order valence-electron chi connectivity index (χ3n) is 5.03. The van der Waals surface area contributed by atoms with Gasteiger partial charge in [0.05, 0.1) is 11.3 Å². The molecular formula is C19H21N3O3S. The molecule has 1 N–H and O–H groups in total. The summed E-state index contributed by atoms with van der Waals surface area (Å²) in [7, 11) is -3.46. The third-order valence-corrected chi connectivity index (χ3v) is 7.09. The predicted octanol–water partition coefficient (Wildman–Crippen LogP) is 2.00. The van der Waals surface area contributed by atoms with Crippen molar-refractivity contribution in [1.29, 1.82) is 0 Å². The molecule has 7 heteroatoms. The molecule has 0 aliphatic carbocycles. The van der Waals surface area contributed by atoms with Crippen LogP contribution in [0.5, 0.6) is 0 Å². The van der Waals surface area contributed by atoms with E-state index in [1.807, 2.05) is 37.3 Å². The van der Waals surface area contributed by atoms with Crippen molar-refractivity contribution in [2.45, 2.75) is 18.2 Å². The first-order valence-electron chi connectivity index (χ1n) is 8.69. The molecule has 2 aliphatic heterocycles. The number of carbonyl (C=O) groups excluding carboxylic acids is 1. The predicted molar refractivity (Wildman–Crippen MR) is 101 cm³/mol. The van der Waals surface area contributed by atoms with E-state index in [0.717, 1.165) is 22.5 Å². The summed E-state index contributed by atoms with van der Waals surface area (Å²) in [5, 5.41) is 2.83. The van der Waals surface area contributed by atoms with Gasteiger partial charge < -0.3 is 10.2 Å². The molecule has 0 radical (unpaired) electrons. The highest BCUT2D eigenvalue weighted by Gasteiger charge is 2.30. The summed E-state index contributed by atoms with van der Waals surface area (Å²) in [6.45, 7) is 3.98. The van der Waals surface area contributed by atoms with Crippen LogP contribution in [0.1, 0.15) is 11.1 Å². The average molecular weight is 371 g/mol. The van der Waals surface area contributed by atoms with Crippen molar-refractivity contribution in [2.24, 2.45) is 0 Å². The second-order valence-electron chi connectivity index (χ2n) is 6.72. The van der Waals surface area contributed by atoms with Gasteiger partial charge in [0, 0.05) is 37.6 Å². The molecule has 1 amide bonds. The van der Waals surface area contributed by atoms with Crippen molar-refractivity contribution in [3.8, 4) is 0 Å². The van der Waals surface area contributed by atoms with Crippen molar-refractivity contribution in [3.63, 3.8) is 0 Å². The number of fused-ring (bicyclic) bond motifs is 1. The van der Waals surface area contributed by atoms with E-state index in [2.05, 4.69) is 10.2 Å². The van der Waals surface area contributed by atoms with Gasteiger partial charge in [-0.1, -0.05) is 18.2 Å². The molecule has 26 heavy (non-hydrogen) atoms. The first kappa shape index (κ1) is 17.1. The Morgan fingerprint density at radius 3 is 2.46 bits per heavy atom. The van der Waals surface area contributed by atoms with E-state index in [9.17, 15) is 13.2 Å². The lowest BCUT2D eigenvalue weighted by molar-refractivity contribution is -0.115. The molecule has 2 aromatic rings. The Bertz CT molecular complexity index is 964. The maximum atomic E-state index is 12.9. The van der Waals surface area contributed by atoms with E-state index in [-0.39, 0.29) is 5.91 Å². The molecule has 4 rings (SSSR count). The highest BCUT2D eigenvalue weighted by Crippen LogP contribution is 2.29. The molecule has 0 saturated carbocycles. The lowest BCUT2D eigenvalue weighted by Crippen LogP contribution is -2.48. The Kier molecular flexibility index (Phi) is 4.20. The molecule has 0 atom stereocenters. The highest BCUT2D eigenvalue weighted by atomic mass is 32.2. The van der Waals surface area contributed by atoms with Crippen LogP contribution in [-0.2, 0) is 21.2 Å². The zero-order chi connectivity index (χ0) is 18.3. The number of hydrogen-bond donors (Lipinski definition) is 1. The van der Waals surface area contributed by atoms with Crippen LogP contribution in [0.15, 0.2) is 47.4 Å². The first-order chi connectivity index (χ1) is 12.4. The molecule has 0 unspecified atom stereocenters. The molecule has 1 fully saturated rings. The number of aryl methyl sites for hydroxylation is 1.